The topological polar surface area (TPSA) is 59.6 Å². The molecule has 3 fully saturated rings. The van der Waals surface area contributed by atoms with Crippen LogP contribution in [0.5, 0.6) is 0 Å². The van der Waals surface area contributed by atoms with E-state index in [4.69, 9.17) is 9.47 Å². The van der Waals surface area contributed by atoms with Gasteiger partial charge in [0.05, 0.1) is 13.2 Å². The predicted octanol–water partition coefficient (Wildman–Crippen LogP) is 1.60. The van der Waals surface area contributed by atoms with Crippen LogP contribution in [0.3, 0.4) is 0 Å². The van der Waals surface area contributed by atoms with E-state index < -0.39 is 0 Å². The summed E-state index contributed by atoms with van der Waals surface area (Å²) >= 11 is 0. The number of ether oxygens (including phenoxy) is 2. The van der Waals surface area contributed by atoms with Crippen molar-refractivity contribution in [1.29, 1.82) is 0 Å². The fourth-order valence-electron chi connectivity index (χ4n) is 3.68. The second-order valence-electron chi connectivity index (χ2n) is 6.47. The summed E-state index contributed by atoms with van der Waals surface area (Å²) in [7, 11) is 0. The molecule has 1 saturated carbocycles. The zero-order valence-electron chi connectivity index (χ0n) is 12.7. The largest absolute Gasteiger partial charge is 0.353 e. The van der Waals surface area contributed by atoms with Crippen LogP contribution in [-0.4, -0.2) is 43.5 Å². The maximum atomic E-state index is 12.3. The second-order valence-corrected chi connectivity index (χ2v) is 6.47. The van der Waals surface area contributed by atoms with Crippen molar-refractivity contribution in [3.05, 3.63) is 0 Å². The monoisotopic (exact) mass is 318 g/mol. The lowest BCUT2D eigenvalue weighted by atomic mass is 9.88. The van der Waals surface area contributed by atoms with E-state index in [1.807, 2.05) is 0 Å². The quantitative estimate of drug-likeness (QED) is 0.812. The average molecular weight is 319 g/mol. The summed E-state index contributed by atoms with van der Waals surface area (Å²) in [4.78, 5) is 12.3. The molecule has 21 heavy (non-hydrogen) atoms. The predicted molar refractivity (Wildman–Crippen MR) is 82.5 cm³/mol. The van der Waals surface area contributed by atoms with Gasteiger partial charge in [-0.3, -0.25) is 4.79 Å². The molecule has 2 N–H and O–H groups in total. The Labute approximate surface area is 132 Å². The minimum atomic E-state index is -0.329. The third-order valence-electron chi connectivity index (χ3n) is 4.90. The summed E-state index contributed by atoms with van der Waals surface area (Å²) in [5.41, 5.74) is 0. The van der Waals surface area contributed by atoms with E-state index in [2.05, 4.69) is 17.6 Å². The number of hydrogen-bond donors (Lipinski definition) is 2. The minimum Gasteiger partial charge on any atom is -0.353 e. The maximum absolute atomic E-state index is 12.3. The van der Waals surface area contributed by atoms with E-state index in [1.54, 1.807) is 0 Å². The van der Waals surface area contributed by atoms with Crippen molar-refractivity contribution in [2.45, 2.75) is 63.3 Å². The Morgan fingerprint density at radius 3 is 2.48 bits per heavy atom. The molecule has 0 bridgehead atoms. The number of amides is 1. The molecule has 3 aliphatic rings. The molecular formula is C15H27ClN2O3. The molecule has 2 saturated heterocycles. The second kappa shape index (κ2) is 7.27. The molecule has 122 valence electrons. The van der Waals surface area contributed by atoms with E-state index in [1.165, 1.54) is 0 Å². The molecular weight excluding hydrogens is 292 g/mol. The van der Waals surface area contributed by atoms with Gasteiger partial charge in [-0.15, -0.1) is 12.4 Å². The van der Waals surface area contributed by atoms with E-state index in [0.717, 1.165) is 45.1 Å². The van der Waals surface area contributed by atoms with Crippen molar-refractivity contribution in [2.24, 2.45) is 5.92 Å². The van der Waals surface area contributed by atoms with E-state index in [0.29, 0.717) is 25.3 Å². The maximum Gasteiger partial charge on any atom is 0.223 e. The molecule has 1 spiro atoms. The van der Waals surface area contributed by atoms with E-state index >= 15 is 0 Å². The lowest BCUT2D eigenvalue weighted by Gasteiger charge is -2.36. The number of carbonyl (C=O) groups is 1. The van der Waals surface area contributed by atoms with Crippen LogP contribution >= 0.6 is 12.4 Å². The SMILES string of the molecule is C[C@H]1C[C@@H](C(=O)NC2CCC3(CC2)OCCO3)CCN1.Cl. The lowest BCUT2D eigenvalue weighted by Crippen LogP contribution is -2.48. The molecule has 3 rings (SSSR count). The molecule has 0 aromatic rings. The van der Waals surface area contributed by atoms with Crippen LogP contribution in [0.1, 0.15) is 45.4 Å². The molecule has 1 amide bonds. The van der Waals surface area contributed by atoms with Crippen LogP contribution in [0.4, 0.5) is 0 Å². The summed E-state index contributed by atoms with van der Waals surface area (Å²) < 4.78 is 11.4. The summed E-state index contributed by atoms with van der Waals surface area (Å²) in [6.45, 7) is 4.53. The first kappa shape index (κ1) is 17.0. The molecule has 2 heterocycles. The molecule has 5 nitrogen and oxygen atoms in total. The zero-order chi connectivity index (χ0) is 14.0. The highest BCUT2D eigenvalue weighted by Crippen LogP contribution is 2.35. The molecule has 6 heteroatoms. The number of nitrogens with one attached hydrogen (secondary N) is 2. The van der Waals surface area contributed by atoms with Crippen molar-refractivity contribution in [3.63, 3.8) is 0 Å². The first-order valence-corrected chi connectivity index (χ1v) is 7.99. The van der Waals surface area contributed by atoms with Crippen LogP contribution < -0.4 is 10.6 Å². The summed E-state index contributed by atoms with van der Waals surface area (Å²) in [5.74, 6) is 0.0958. The van der Waals surface area contributed by atoms with Gasteiger partial charge in [0, 0.05) is 30.8 Å². The average Bonchev–Trinajstić information content (AvgIpc) is 2.90. The van der Waals surface area contributed by atoms with Crippen molar-refractivity contribution in [3.8, 4) is 0 Å². The third-order valence-corrected chi connectivity index (χ3v) is 4.90. The number of piperidine rings is 1. The third kappa shape index (κ3) is 4.09. The molecule has 1 aliphatic carbocycles. The molecule has 2 aliphatic heterocycles. The molecule has 0 unspecified atom stereocenters. The van der Waals surface area contributed by atoms with Crippen molar-refractivity contribution in [2.75, 3.05) is 19.8 Å². The first-order valence-electron chi connectivity index (χ1n) is 7.99. The summed E-state index contributed by atoms with van der Waals surface area (Å²) in [6.07, 6.45) is 5.65. The highest BCUT2D eigenvalue weighted by Gasteiger charge is 2.40. The van der Waals surface area contributed by atoms with Gasteiger partial charge < -0.3 is 20.1 Å². The standard InChI is InChI=1S/C15H26N2O3.ClH/c1-11-10-12(4-7-16-11)14(18)17-13-2-5-15(6-3-13)19-8-9-20-15;/h11-13,16H,2-10H2,1H3,(H,17,18);1H/t11-,12-;/m0./s1. The summed E-state index contributed by atoms with van der Waals surface area (Å²) in [5, 5.41) is 6.63. The molecule has 0 aromatic heterocycles. The fourth-order valence-corrected chi connectivity index (χ4v) is 3.68. The van der Waals surface area contributed by atoms with Crippen LogP contribution in [0.2, 0.25) is 0 Å². The number of hydrogen-bond acceptors (Lipinski definition) is 4. The van der Waals surface area contributed by atoms with Crippen molar-refractivity contribution >= 4 is 18.3 Å². The smallest absolute Gasteiger partial charge is 0.223 e. The van der Waals surface area contributed by atoms with Crippen LogP contribution in [0.15, 0.2) is 0 Å². The Morgan fingerprint density at radius 2 is 1.86 bits per heavy atom. The van der Waals surface area contributed by atoms with Crippen LogP contribution in [-0.2, 0) is 14.3 Å². The van der Waals surface area contributed by atoms with Gasteiger partial charge in [-0.2, -0.15) is 0 Å². The number of carbonyl (C=O) groups excluding carboxylic acids is 1. The highest BCUT2D eigenvalue weighted by atomic mass is 35.5. The Hall–Kier alpha value is -0.360. The molecule has 0 aromatic carbocycles. The Bertz CT molecular complexity index is 351. The minimum absolute atomic E-state index is 0. The van der Waals surface area contributed by atoms with E-state index in [9.17, 15) is 4.79 Å². The Morgan fingerprint density at radius 1 is 1.19 bits per heavy atom. The van der Waals surface area contributed by atoms with Crippen molar-refractivity contribution in [1.82, 2.24) is 10.6 Å². The highest BCUT2D eigenvalue weighted by molar-refractivity contribution is 5.85. The fraction of sp³-hybridized carbons (Fsp3) is 0.933. The number of rotatable bonds is 2. The summed E-state index contributed by atoms with van der Waals surface area (Å²) in [6, 6.07) is 0.750. The van der Waals surface area contributed by atoms with Gasteiger partial charge in [0.2, 0.25) is 5.91 Å². The van der Waals surface area contributed by atoms with Gasteiger partial charge in [0.25, 0.3) is 0 Å². The van der Waals surface area contributed by atoms with Gasteiger partial charge in [-0.05, 0) is 39.2 Å². The molecule has 2 atom stereocenters. The normalized spacial score (nSPS) is 32.6. The van der Waals surface area contributed by atoms with Gasteiger partial charge in [0.15, 0.2) is 5.79 Å². The zero-order valence-corrected chi connectivity index (χ0v) is 13.5. The Balaban J connectivity index is 0.00000161. The molecule has 0 radical (unpaired) electrons. The van der Waals surface area contributed by atoms with Gasteiger partial charge >= 0.3 is 0 Å². The lowest BCUT2D eigenvalue weighted by molar-refractivity contribution is -0.180. The van der Waals surface area contributed by atoms with E-state index in [-0.39, 0.29) is 30.0 Å². The van der Waals surface area contributed by atoms with Crippen LogP contribution in [0, 0.1) is 5.92 Å². The van der Waals surface area contributed by atoms with Gasteiger partial charge in [-0.25, -0.2) is 0 Å². The Kier molecular flexibility index (Phi) is 5.88. The van der Waals surface area contributed by atoms with Crippen LogP contribution in [0.25, 0.3) is 0 Å². The van der Waals surface area contributed by atoms with Gasteiger partial charge in [0.1, 0.15) is 0 Å². The number of halogens is 1. The van der Waals surface area contributed by atoms with Gasteiger partial charge in [-0.1, -0.05) is 0 Å². The first-order chi connectivity index (χ1) is 9.67. The van der Waals surface area contributed by atoms with Crippen molar-refractivity contribution < 1.29 is 14.3 Å².